The predicted molar refractivity (Wildman–Crippen MR) is 131 cm³/mol. The summed E-state index contributed by atoms with van der Waals surface area (Å²) in [4.78, 5) is 27.5. The molecule has 1 atom stereocenters. The van der Waals surface area contributed by atoms with Gasteiger partial charge in [0.1, 0.15) is 18.4 Å². The highest BCUT2D eigenvalue weighted by Crippen LogP contribution is 2.24. The van der Waals surface area contributed by atoms with E-state index in [0.717, 1.165) is 32.2 Å². The summed E-state index contributed by atoms with van der Waals surface area (Å²) in [6.45, 7) is 5.29. The standard InChI is InChI=1S/C24H33FN4O4S/c1-6-14-26-24(31)19(3)28(16-20-11-9-10-18(2)15-20)23(30)17-29(34(32,33)27(4)5)22-13-8-7-12-21(22)25/h7-13,15,19H,6,14,16-17H2,1-5H3,(H,26,31)/t19-/m0/s1. The highest BCUT2D eigenvalue weighted by Gasteiger charge is 2.33. The molecule has 0 saturated carbocycles. The first-order valence-electron chi connectivity index (χ1n) is 11.1. The molecule has 2 rings (SSSR count). The van der Waals surface area contributed by atoms with Crippen molar-refractivity contribution in [3.8, 4) is 0 Å². The molecule has 0 unspecified atom stereocenters. The lowest BCUT2D eigenvalue weighted by molar-refractivity contribution is -0.139. The van der Waals surface area contributed by atoms with E-state index in [1.807, 2.05) is 38.1 Å². The lowest BCUT2D eigenvalue weighted by Gasteiger charge is -2.33. The summed E-state index contributed by atoms with van der Waals surface area (Å²) < 4.78 is 42.3. The largest absolute Gasteiger partial charge is 0.354 e. The number of amides is 2. The first kappa shape index (κ1) is 27.3. The summed E-state index contributed by atoms with van der Waals surface area (Å²) >= 11 is 0. The van der Waals surface area contributed by atoms with Crippen LogP contribution in [0.5, 0.6) is 0 Å². The average Bonchev–Trinajstić information content (AvgIpc) is 2.79. The number of nitrogens with zero attached hydrogens (tertiary/aromatic N) is 3. The number of nitrogens with one attached hydrogen (secondary N) is 1. The van der Waals surface area contributed by atoms with Gasteiger partial charge in [-0.3, -0.25) is 9.59 Å². The molecule has 1 N–H and O–H groups in total. The molecular weight excluding hydrogens is 459 g/mol. The van der Waals surface area contributed by atoms with E-state index in [1.54, 1.807) is 6.92 Å². The third-order valence-corrected chi connectivity index (χ3v) is 7.10. The Balaban J connectivity index is 2.45. The number of para-hydroxylation sites is 1. The molecule has 0 aromatic heterocycles. The Morgan fingerprint density at radius 1 is 1.09 bits per heavy atom. The van der Waals surface area contributed by atoms with Crippen LogP contribution >= 0.6 is 0 Å². The van der Waals surface area contributed by atoms with Crippen molar-refractivity contribution in [1.82, 2.24) is 14.5 Å². The number of anilines is 1. The van der Waals surface area contributed by atoms with Crippen molar-refractivity contribution < 1.29 is 22.4 Å². The molecule has 186 valence electrons. The van der Waals surface area contributed by atoms with E-state index in [4.69, 9.17) is 0 Å². The maximum absolute atomic E-state index is 14.6. The second-order valence-corrected chi connectivity index (χ2v) is 10.3. The smallest absolute Gasteiger partial charge is 0.304 e. The number of carbonyl (C=O) groups is 2. The van der Waals surface area contributed by atoms with Crippen LogP contribution < -0.4 is 9.62 Å². The Hall–Kier alpha value is -2.98. The molecule has 0 saturated heterocycles. The quantitative estimate of drug-likeness (QED) is 0.522. The van der Waals surface area contributed by atoms with Crippen LogP contribution in [0, 0.1) is 12.7 Å². The van der Waals surface area contributed by atoms with E-state index >= 15 is 0 Å². The van der Waals surface area contributed by atoms with Crippen molar-refractivity contribution in [1.29, 1.82) is 0 Å². The maximum Gasteiger partial charge on any atom is 0.304 e. The maximum atomic E-state index is 14.6. The van der Waals surface area contributed by atoms with E-state index < -0.39 is 34.5 Å². The second-order valence-electron chi connectivity index (χ2n) is 8.23. The summed E-state index contributed by atoms with van der Waals surface area (Å²) in [7, 11) is -1.60. The van der Waals surface area contributed by atoms with Gasteiger partial charge in [0, 0.05) is 27.2 Å². The average molecular weight is 493 g/mol. The van der Waals surface area contributed by atoms with Crippen LogP contribution in [0.4, 0.5) is 10.1 Å². The van der Waals surface area contributed by atoms with Gasteiger partial charge in [-0.1, -0.05) is 48.9 Å². The summed E-state index contributed by atoms with van der Waals surface area (Å²) in [5, 5.41) is 2.77. The molecule has 0 radical (unpaired) electrons. The van der Waals surface area contributed by atoms with Crippen LogP contribution in [0.15, 0.2) is 48.5 Å². The fourth-order valence-electron chi connectivity index (χ4n) is 3.34. The van der Waals surface area contributed by atoms with Crippen LogP contribution in [0.2, 0.25) is 0 Å². The zero-order chi connectivity index (χ0) is 25.5. The van der Waals surface area contributed by atoms with Gasteiger partial charge in [0.05, 0.1) is 5.69 Å². The summed E-state index contributed by atoms with van der Waals surface area (Å²) in [6, 6.07) is 12.0. The third-order valence-electron chi connectivity index (χ3n) is 5.29. The minimum Gasteiger partial charge on any atom is -0.354 e. The zero-order valence-electron chi connectivity index (χ0n) is 20.3. The number of hydrogen-bond acceptors (Lipinski definition) is 4. The number of carbonyl (C=O) groups excluding carboxylic acids is 2. The fourth-order valence-corrected chi connectivity index (χ4v) is 4.41. The molecule has 2 amide bonds. The Bertz CT molecular complexity index is 1110. The normalized spacial score (nSPS) is 12.3. The number of benzene rings is 2. The number of rotatable bonds is 11. The second kappa shape index (κ2) is 11.9. The van der Waals surface area contributed by atoms with Crippen molar-refractivity contribution in [2.24, 2.45) is 0 Å². The Labute approximate surface area is 201 Å². The Morgan fingerprint density at radius 2 is 1.76 bits per heavy atom. The van der Waals surface area contributed by atoms with Crippen LogP contribution in [-0.2, 0) is 26.3 Å². The van der Waals surface area contributed by atoms with Crippen molar-refractivity contribution >= 4 is 27.7 Å². The van der Waals surface area contributed by atoms with Crippen molar-refractivity contribution in [2.75, 3.05) is 31.5 Å². The minimum atomic E-state index is -4.20. The molecule has 10 heteroatoms. The minimum absolute atomic E-state index is 0.0916. The van der Waals surface area contributed by atoms with Crippen LogP contribution in [0.25, 0.3) is 0 Å². The van der Waals surface area contributed by atoms with Gasteiger partial charge in [-0.15, -0.1) is 0 Å². The predicted octanol–water partition coefficient (Wildman–Crippen LogP) is 2.69. The zero-order valence-corrected chi connectivity index (χ0v) is 21.1. The number of aryl methyl sites for hydroxylation is 1. The highest BCUT2D eigenvalue weighted by molar-refractivity contribution is 7.90. The third kappa shape index (κ3) is 6.77. The van der Waals surface area contributed by atoms with Crippen molar-refractivity contribution in [2.45, 2.75) is 39.8 Å². The van der Waals surface area contributed by atoms with Gasteiger partial charge in [0.2, 0.25) is 11.8 Å². The molecule has 0 aliphatic rings. The van der Waals surface area contributed by atoms with Crippen molar-refractivity contribution in [3.05, 3.63) is 65.5 Å². The lowest BCUT2D eigenvalue weighted by Crippen LogP contribution is -2.52. The van der Waals surface area contributed by atoms with E-state index in [1.165, 1.54) is 37.2 Å². The molecule has 2 aromatic carbocycles. The van der Waals surface area contributed by atoms with Gasteiger partial charge in [-0.2, -0.15) is 12.7 Å². The molecule has 2 aromatic rings. The Morgan fingerprint density at radius 3 is 2.35 bits per heavy atom. The molecule has 8 nitrogen and oxygen atoms in total. The molecular formula is C24H33FN4O4S. The summed E-state index contributed by atoms with van der Waals surface area (Å²) in [5.41, 5.74) is 1.52. The molecule has 0 aliphatic heterocycles. The molecule has 0 aliphatic carbocycles. The number of hydrogen-bond donors (Lipinski definition) is 1. The lowest BCUT2D eigenvalue weighted by atomic mass is 10.1. The van der Waals surface area contributed by atoms with Crippen molar-refractivity contribution in [3.63, 3.8) is 0 Å². The van der Waals surface area contributed by atoms with E-state index in [9.17, 15) is 22.4 Å². The molecule has 0 fully saturated rings. The van der Waals surface area contributed by atoms with Gasteiger partial charge in [0.15, 0.2) is 0 Å². The van der Waals surface area contributed by atoms with Crippen LogP contribution in [0.3, 0.4) is 0 Å². The SMILES string of the molecule is CCCNC(=O)[C@H](C)N(Cc1cccc(C)c1)C(=O)CN(c1ccccc1F)S(=O)(=O)N(C)C. The molecule has 0 bridgehead atoms. The first-order chi connectivity index (χ1) is 16.0. The topological polar surface area (TPSA) is 90.0 Å². The Kier molecular flexibility index (Phi) is 9.57. The van der Waals surface area contributed by atoms with E-state index in [0.29, 0.717) is 6.54 Å². The fraction of sp³-hybridized carbons (Fsp3) is 0.417. The summed E-state index contributed by atoms with van der Waals surface area (Å²) in [6.07, 6.45) is 0.729. The van der Waals surface area contributed by atoms with Gasteiger partial charge in [-0.25, -0.2) is 8.70 Å². The van der Waals surface area contributed by atoms with E-state index in [2.05, 4.69) is 5.32 Å². The molecule has 0 heterocycles. The summed E-state index contributed by atoms with van der Waals surface area (Å²) in [5.74, 6) is -1.76. The van der Waals surface area contributed by atoms with Crippen LogP contribution in [0.1, 0.15) is 31.4 Å². The van der Waals surface area contributed by atoms with Gasteiger partial charge in [-0.05, 0) is 38.0 Å². The van der Waals surface area contributed by atoms with Crippen LogP contribution in [-0.4, -0.2) is 62.7 Å². The van der Waals surface area contributed by atoms with Gasteiger partial charge < -0.3 is 10.2 Å². The monoisotopic (exact) mass is 492 g/mol. The highest BCUT2D eigenvalue weighted by atomic mass is 32.2. The van der Waals surface area contributed by atoms with Gasteiger partial charge >= 0.3 is 10.2 Å². The molecule has 34 heavy (non-hydrogen) atoms. The first-order valence-corrected chi connectivity index (χ1v) is 12.5. The van der Waals surface area contributed by atoms with E-state index in [-0.39, 0.29) is 18.1 Å². The molecule has 0 spiro atoms. The van der Waals surface area contributed by atoms with Gasteiger partial charge in [0.25, 0.3) is 0 Å². The number of halogens is 1.